The van der Waals surface area contributed by atoms with Crippen LogP contribution in [0.1, 0.15) is 47.2 Å². The molecule has 1 aliphatic rings. The number of halogens is 2. The standard InChI is InChI=1S/C23H28Cl2N2OS/c24-21-10-7-19(15-22(21)25)17-29-14-11-26-23(28)20-8-5-18(6-9-20)16-27-12-3-1-2-4-13-27/h5-10,15H,1-4,11-14,16-17H2,(H,26,28). The van der Waals surface area contributed by atoms with Crippen molar-refractivity contribution < 1.29 is 4.79 Å². The van der Waals surface area contributed by atoms with Crippen molar-refractivity contribution in [1.82, 2.24) is 10.2 Å². The molecule has 1 N–H and O–H groups in total. The van der Waals surface area contributed by atoms with E-state index in [4.69, 9.17) is 23.2 Å². The van der Waals surface area contributed by atoms with Crippen LogP contribution < -0.4 is 5.32 Å². The molecule has 0 spiro atoms. The number of carbonyl (C=O) groups excluding carboxylic acids is 1. The number of carbonyl (C=O) groups is 1. The molecule has 156 valence electrons. The van der Waals surface area contributed by atoms with Gasteiger partial charge in [0.15, 0.2) is 0 Å². The Morgan fingerprint density at radius 2 is 1.62 bits per heavy atom. The first-order chi connectivity index (χ1) is 14.1. The number of nitrogens with zero attached hydrogens (tertiary/aromatic N) is 1. The van der Waals surface area contributed by atoms with Crippen LogP contribution in [0.25, 0.3) is 0 Å². The third-order valence-electron chi connectivity index (χ3n) is 5.11. The van der Waals surface area contributed by atoms with Gasteiger partial charge in [0.2, 0.25) is 0 Å². The molecule has 0 bridgehead atoms. The SMILES string of the molecule is O=C(NCCSCc1ccc(Cl)c(Cl)c1)c1ccc(CN2CCCCCC2)cc1. The Bertz CT molecular complexity index is 790. The van der Waals surface area contributed by atoms with Crippen LogP contribution >= 0.6 is 35.0 Å². The topological polar surface area (TPSA) is 32.3 Å². The minimum atomic E-state index is -0.0125. The average Bonchev–Trinajstić information content (AvgIpc) is 2.99. The largest absolute Gasteiger partial charge is 0.351 e. The summed E-state index contributed by atoms with van der Waals surface area (Å²) in [5.74, 6) is 1.68. The zero-order chi connectivity index (χ0) is 20.5. The number of benzene rings is 2. The van der Waals surface area contributed by atoms with Crippen molar-refractivity contribution in [2.24, 2.45) is 0 Å². The molecule has 0 unspecified atom stereocenters. The number of hydrogen-bond acceptors (Lipinski definition) is 3. The minimum Gasteiger partial charge on any atom is -0.351 e. The molecule has 6 heteroatoms. The maximum Gasteiger partial charge on any atom is 0.251 e. The first-order valence-corrected chi connectivity index (χ1v) is 12.1. The van der Waals surface area contributed by atoms with E-state index >= 15 is 0 Å². The fourth-order valence-corrected chi connectivity index (χ4v) is 4.60. The maximum absolute atomic E-state index is 12.3. The van der Waals surface area contributed by atoms with E-state index in [1.807, 2.05) is 30.3 Å². The molecule has 1 fully saturated rings. The third kappa shape index (κ3) is 7.53. The van der Waals surface area contributed by atoms with Crippen molar-refractivity contribution in [2.45, 2.75) is 38.0 Å². The molecule has 0 saturated carbocycles. The molecule has 1 heterocycles. The van der Waals surface area contributed by atoms with Crippen LogP contribution in [-0.4, -0.2) is 36.2 Å². The Morgan fingerprint density at radius 3 is 2.31 bits per heavy atom. The van der Waals surface area contributed by atoms with E-state index in [1.54, 1.807) is 11.8 Å². The Labute approximate surface area is 188 Å². The average molecular weight is 451 g/mol. The van der Waals surface area contributed by atoms with Crippen molar-refractivity contribution >= 4 is 40.9 Å². The van der Waals surface area contributed by atoms with Crippen molar-refractivity contribution in [3.8, 4) is 0 Å². The number of hydrogen-bond donors (Lipinski definition) is 1. The zero-order valence-corrected chi connectivity index (χ0v) is 19.0. The van der Waals surface area contributed by atoms with Gasteiger partial charge in [0.05, 0.1) is 10.0 Å². The van der Waals surface area contributed by atoms with Gasteiger partial charge in [-0.3, -0.25) is 9.69 Å². The van der Waals surface area contributed by atoms with Crippen LogP contribution in [0.3, 0.4) is 0 Å². The Morgan fingerprint density at radius 1 is 0.931 bits per heavy atom. The second-order valence-electron chi connectivity index (χ2n) is 7.44. The van der Waals surface area contributed by atoms with Crippen molar-refractivity contribution in [2.75, 3.05) is 25.4 Å². The smallest absolute Gasteiger partial charge is 0.251 e. The van der Waals surface area contributed by atoms with E-state index in [1.165, 1.54) is 44.3 Å². The Balaban J connectivity index is 1.37. The maximum atomic E-state index is 12.3. The number of nitrogens with one attached hydrogen (secondary N) is 1. The van der Waals surface area contributed by atoms with Gasteiger partial charge in [-0.15, -0.1) is 0 Å². The van der Waals surface area contributed by atoms with E-state index < -0.39 is 0 Å². The monoisotopic (exact) mass is 450 g/mol. The summed E-state index contributed by atoms with van der Waals surface area (Å²) in [7, 11) is 0. The van der Waals surface area contributed by atoms with Crippen LogP contribution in [0, 0.1) is 0 Å². The molecule has 3 rings (SSSR count). The van der Waals surface area contributed by atoms with Gasteiger partial charge in [0.1, 0.15) is 0 Å². The highest BCUT2D eigenvalue weighted by Crippen LogP contribution is 2.24. The summed E-state index contributed by atoms with van der Waals surface area (Å²) in [5.41, 5.74) is 3.13. The molecule has 0 radical (unpaired) electrons. The van der Waals surface area contributed by atoms with Gasteiger partial charge in [-0.2, -0.15) is 11.8 Å². The fraction of sp³-hybridized carbons (Fsp3) is 0.435. The highest BCUT2D eigenvalue weighted by atomic mass is 35.5. The highest BCUT2D eigenvalue weighted by Gasteiger charge is 2.10. The summed E-state index contributed by atoms with van der Waals surface area (Å²) >= 11 is 13.7. The van der Waals surface area contributed by atoms with Gasteiger partial charge >= 0.3 is 0 Å². The molecular weight excluding hydrogens is 423 g/mol. The summed E-state index contributed by atoms with van der Waals surface area (Å²) in [5, 5.41) is 4.15. The first-order valence-electron chi connectivity index (χ1n) is 10.2. The Kier molecular flexibility index (Phi) is 9.19. The summed E-state index contributed by atoms with van der Waals surface area (Å²) in [6, 6.07) is 13.7. The molecule has 2 aromatic carbocycles. The van der Waals surface area contributed by atoms with Crippen LogP contribution in [0.5, 0.6) is 0 Å². The predicted molar refractivity (Wildman–Crippen MR) is 125 cm³/mol. The lowest BCUT2D eigenvalue weighted by Gasteiger charge is -2.19. The van der Waals surface area contributed by atoms with Gasteiger partial charge in [0.25, 0.3) is 5.91 Å². The molecule has 2 aromatic rings. The van der Waals surface area contributed by atoms with Crippen molar-refractivity contribution in [3.63, 3.8) is 0 Å². The lowest BCUT2D eigenvalue weighted by molar-refractivity contribution is 0.0956. The summed E-state index contributed by atoms with van der Waals surface area (Å²) < 4.78 is 0. The molecule has 1 aliphatic heterocycles. The summed E-state index contributed by atoms with van der Waals surface area (Å²) in [6.07, 6.45) is 5.29. The van der Waals surface area contributed by atoms with E-state index in [0.717, 1.165) is 29.2 Å². The number of amides is 1. The molecule has 0 aliphatic carbocycles. The van der Waals surface area contributed by atoms with Crippen molar-refractivity contribution in [1.29, 1.82) is 0 Å². The Hall–Kier alpha value is -1.20. The molecule has 1 saturated heterocycles. The minimum absolute atomic E-state index is 0.0125. The van der Waals surface area contributed by atoms with Crippen molar-refractivity contribution in [3.05, 3.63) is 69.2 Å². The lowest BCUT2D eigenvalue weighted by atomic mass is 10.1. The highest BCUT2D eigenvalue weighted by molar-refractivity contribution is 7.98. The van der Waals surface area contributed by atoms with Gasteiger partial charge in [-0.25, -0.2) is 0 Å². The van der Waals surface area contributed by atoms with Gasteiger partial charge in [0, 0.05) is 30.2 Å². The second-order valence-corrected chi connectivity index (χ2v) is 9.36. The van der Waals surface area contributed by atoms with Gasteiger partial charge in [-0.05, 0) is 61.3 Å². The molecule has 1 amide bonds. The fourth-order valence-electron chi connectivity index (χ4n) is 3.47. The third-order valence-corrected chi connectivity index (χ3v) is 6.87. The number of thioether (sulfide) groups is 1. The predicted octanol–water partition coefficient (Wildman–Crippen LogP) is 6.03. The number of rotatable bonds is 8. The van der Waals surface area contributed by atoms with Crippen LogP contribution in [0.15, 0.2) is 42.5 Å². The van der Waals surface area contributed by atoms with E-state index in [2.05, 4.69) is 22.3 Å². The van der Waals surface area contributed by atoms with E-state index in [0.29, 0.717) is 16.6 Å². The molecule has 0 atom stereocenters. The molecule has 29 heavy (non-hydrogen) atoms. The quantitative estimate of drug-likeness (QED) is 0.497. The van der Waals surface area contributed by atoms with Gasteiger partial charge < -0.3 is 5.32 Å². The lowest BCUT2D eigenvalue weighted by Crippen LogP contribution is -2.26. The number of likely N-dealkylation sites (tertiary alicyclic amines) is 1. The zero-order valence-electron chi connectivity index (χ0n) is 16.6. The van der Waals surface area contributed by atoms with Crippen LogP contribution in [0.4, 0.5) is 0 Å². The molecule has 3 nitrogen and oxygen atoms in total. The van der Waals surface area contributed by atoms with Gasteiger partial charge in [-0.1, -0.05) is 54.2 Å². The van der Waals surface area contributed by atoms with Crippen LogP contribution in [-0.2, 0) is 12.3 Å². The normalized spacial score (nSPS) is 15.1. The second kappa shape index (κ2) is 11.8. The first kappa shape index (κ1) is 22.5. The van der Waals surface area contributed by atoms with E-state index in [9.17, 15) is 4.79 Å². The molecular formula is C23H28Cl2N2OS. The summed E-state index contributed by atoms with van der Waals surface area (Å²) in [6.45, 7) is 3.98. The summed E-state index contributed by atoms with van der Waals surface area (Å²) in [4.78, 5) is 14.9. The molecule has 0 aromatic heterocycles. The van der Waals surface area contributed by atoms with E-state index in [-0.39, 0.29) is 5.91 Å². The van der Waals surface area contributed by atoms with Crippen LogP contribution in [0.2, 0.25) is 10.0 Å².